The van der Waals surface area contributed by atoms with Crippen molar-refractivity contribution >= 4 is 54.2 Å². The summed E-state index contributed by atoms with van der Waals surface area (Å²) in [6.07, 6.45) is 1.76. The van der Waals surface area contributed by atoms with Gasteiger partial charge in [-0.1, -0.05) is 36.8 Å². The Balaban J connectivity index is 1.65. The van der Waals surface area contributed by atoms with E-state index in [0.717, 1.165) is 41.7 Å². The second kappa shape index (κ2) is 10.9. The molecule has 1 aliphatic heterocycles. The van der Waals surface area contributed by atoms with E-state index in [4.69, 9.17) is 16.6 Å². The highest BCUT2D eigenvalue weighted by Gasteiger charge is 2.28. The van der Waals surface area contributed by atoms with Crippen LogP contribution in [-0.2, 0) is 10.0 Å². The van der Waals surface area contributed by atoms with Crippen LogP contribution in [0.15, 0.2) is 41.3 Å². The van der Waals surface area contributed by atoms with Crippen molar-refractivity contribution in [3.8, 4) is 0 Å². The van der Waals surface area contributed by atoms with Crippen molar-refractivity contribution in [3.05, 3.63) is 52.5 Å². The van der Waals surface area contributed by atoms with E-state index in [1.807, 2.05) is 19.1 Å². The molecule has 0 spiro atoms. The maximum absolute atomic E-state index is 13.7. The van der Waals surface area contributed by atoms with Gasteiger partial charge in [-0.15, -0.1) is 0 Å². The standard InChI is InChI=1S/C25H31ClN4O3S2/c1-4-28(5-2)14-15-30(25-27-23-18(3)16-20(26)17-22(23)34-25)24(31)19-8-10-21(11-9-19)35(32,33)29-12-6-7-13-29/h8-11,16-17H,4-7,12-15H2,1-3H3. The number of carbonyl (C=O) groups excluding carboxylic acids is 1. The summed E-state index contributed by atoms with van der Waals surface area (Å²) in [4.78, 5) is 22.6. The summed E-state index contributed by atoms with van der Waals surface area (Å²) < 4.78 is 28.2. The van der Waals surface area contributed by atoms with E-state index in [9.17, 15) is 13.2 Å². The number of sulfonamides is 1. The molecule has 10 heteroatoms. The quantitative estimate of drug-likeness (QED) is 0.385. The smallest absolute Gasteiger partial charge is 0.260 e. The SMILES string of the molecule is CCN(CC)CCN(C(=O)c1ccc(S(=O)(=O)N2CCCC2)cc1)c1nc2c(C)cc(Cl)cc2s1. The lowest BCUT2D eigenvalue weighted by molar-refractivity contribution is 0.0983. The molecular weight excluding hydrogens is 504 g/mol. The second-order valence-electron chi connectivity index (χ2n) is 8.69. The van der Waals surface area contributed by atoms with E-state index >= 15 is 0 Å². The molecule has 1 aromatic heterocycles. The number of benzene rings is 2. The van der Waals surface area contributed by atoms with E-state index in [-0.39, 0.29) is 10.8 Å². The number of nitrogens with zero attached hydrogens (tertiary/aromatic N) is 4. The number of hydrogen-bond acceptors (Lipinski definition) is 6. The highest BCUT2D eigenvalue weighted by Crippen LogP contribution is 2.34. The first-order valence-corrected chi connectivity index (χ1v) is 14.6. The van der Waals surface area contributed by atoms with Crippen molar-refractivity contribution in [2.24, 2.45) is 0 Å². The van der Waals surface area contributed by atoms with Gasteiger partial charge in [0.05, 0.1) is 15.1 Å². The molecule has 0 bridgehead atoms. The third-order valence-electron chi connectivity index (χ3n) is 6.45. The Morgan fingerprint density at radius 2 is 1.74 bits per heavy atom. The molecule has 3 aromatic rings. The number of aryl methyl sites for hydroxylation is 1. The molecule has 2 heterocycles. The fraction of sp³-hybridized carbons (Fsp3) is 0.440. The number of anilines is 1. The zero-order chi connectivity index (χ0) is 25.2. The number of likely N-dealkylation sites (N-methyl/N-ethyl adjacent to an activating group) is 1. The van der Waals surface area contributed by atoms with Crippen molar-refractivity contribution in [2.75, 3.05) is 44.2 Å². The van der Waals surface area contributed by atoms with Crippen LogP contribution in [-0.4, -0.2) is 67.8 Å². The summed E-state index contributed by atoms with van der Waals surface area (Å²) in [6.45, 7) is 10.2. The van der Waals surface area contributed by atoms with Gasteiger partial charge in [-0.25, -0.2) is 13.4 Å². The Kier molecular flexibility index (Phi) is 8.12. The first-order chi connectivity index (χ1) is 16.7. The lowest BCUT2D eigenvalue weighted by Gasteiger charge is -2.25. The van der Waals surface area contributed by atoms with E-state index in [0.29, 0.717) is 41.9 Å². The molecule has 1 fully saturated rings. The molecule has 0 radical (unpaired) electrons. The Morgan fingerprint density at radius 3 is 2.37 bits per heavy atom. The van der Waals surface area contributed by atoms with Crippen LogP contribution in [0.1, 0.15) is 42.6 Å². The van der Waals surface area contributed by atoms with Gasteiger partial charge in [0.15, 0.2) is 5.13 Å². The molecule has 0 unspecified atom stereocenters. The third kappa shape index (κ3) is 5.54. The average Bonchev–Trinajstić information content (AvgIpc) is 3.53. The molecule has 1 aliphatic rings. The molecular formula is C25H31ClN4O3S2. The molecule has 4 rings (SSSR count). The predicted octanol–water partition coefficient (Wildman–Crippen LogP) is 5.03. The molecule has 0 saturated carbocycles. The Bertz CT molecular complexity index is 1300. The minimum absolute atomic E-state index is 0.204. The minimum atomic E-state index is -3.53. The number of aromatic nitrogens is 1. The minimum Gasteiger partial charge on any atom is -0.302 e. The van der Waals surface area contributed by atoms with Gasteiger partial charge < -0.3 is 4.90 Å². The monoisotopic (exact) mass is 534 g/mol. The van der Waals surface area contributed by atoms with Crippen LogP contribution in [0.2, 0.25) is 5.02 Å². The molecule has 0 atom stereocenters. The molecule has 35 heavy (non-hydrogen) atoms. The molecule has 0 aliphatic carbocycles. The summed E-state index contributed by atoms with van der Waals surface area (Å²) in [5.41, 5.74) is 2.23. The number of fused-ring (bicyclic) bond motifs is 1. The average molecular weight is 535 g/mol. The van der Waals surface area contributed by atoms with Crippen molar-refractivity contribution in [1.82, 2.24) is 14.2 Å². The molecule has 188 valence electrons. The van der Waals surface area contributed by atoms with Gasteiger partial charge in [0.1, 0.15) is 0 Å². The Hall–Kier alpha value is -2.04. The Morgan fingerprint density at radius 1 is 1.09 bits per heavy atom. The summed E-state index contributed by atoms with van der Waals surface area (Å²) in [5.74, 6) is -0.204. The van der Waals surface area contributed by atoms with Gasteiger partial charge in [0.2, 0.25) is 10.0 Å². The van der Waals surface area contributed by atoms with E-state index in [1.54, 1.807) is 17.0 Å². The first kappa shape index (κ1) is 26.0. The summed E-state index contributed by atoms with van der Waals surface area (Å²) in [5, 5.41) is 1.25. The molecule has 7 nitrogen and oxygen atoms in total. The van der Waals surface area contributed by atoms with Gasteiger partial charge in [0, 0.05) is 36.8 Å². The zero-order valence-electron chi connectivity index (χ0n) is 20.3. The topological polar surface area (TPSA) is 73.8 Å². The van der Waals surface area contributed by atoms with Crippen molar-refractivity contribution in [2.45, 2.75) is 38.5 Å². The number of hydrogen-bond donors (Lipinski definition) is 0. The summed E-state index contributed by atoms with van der Waals surface area (Å²) >= 11 is 7.69. The number of amides is 1. The van der Waals surface area contributed by atoms with Gasteiger partial charge in [-0.05, 0) is 74.8 Å². The van der Waals surface area contributed by atoms with Gasteiger partial charge in [0.25, 0.3) is 5.91 Å². The highest BCUT2D eigenvalue weighted by molar-refractivity contribution is 7.89. The molecule has 0 N–H and O–H groups in total. The maximum atomic E-state index is 13.7. The van der Waals surface area contributed by atoms with Gasteiger partial charge >= 0.3 is 0 Å². The maximum Gasteiger partial charge on any atom is 0.260 e. The number of halogens is 1. The highest BCUT2D eigenvalue weighted by atomic mass is 35.5. The first-order valence-electron chi connectivity index (χ1n) is 12.0. The van der Waals surface area contributed by atoms with Gasteiger partial charge in [-0.2, -0.15) is 4.31 Å². The Labute approximate surface area is 216 Å². The van der Waals surface area contributed by atoms with Crippen LogP contribution in [0, 0.1) is 6.92 Å². The summed E-state index contributed by atoms with van der Waals surface area (Å²) in [7, 11) is -3.53. The van der Waals surface area contributed by atoms with Crippen molar-refractivity contribution < 1.29 is 13.2 Å². The molecule has 1 amide bonds. The van der Waals surface area contributed by atoms with E-state index in [1.165, 1.54) is 27.8 Å². The number of rotatable bonds is 9. The molecule has 2 aromatic carbocycles. The predicted molar refractivity (Wildman–Crippen MR) is 143 cm³/mol. The fourth-order valence-electron chi connectivity index (χ4n) is 4.33. The van der Waals surface area contributed by atoms with Crippen molar-refractivity contribution in [1.29, 1.82) is 0 Å². The zero-order valence-corrected chi connectivity index (χ0v) is 22.7. The lowest BCUT2D eigenvalue weighted by Crippen LogP contribution is -2.38. The third-order valence-corrected chi connectivity index (χ3v) is 9.61. The number of carbonyl (C=O) groups is 1. The van der Waals surface area contributed by atoms with E-state index < -0.39 is 10.0 Å². The van der Waals surface area contributed by atoms with Crippen LogP contribution in [0.4, 0.5) is 5.13 Å². The lowest BCUT2D eigenvalue weighted by atomic mass is 10.2. The van der Waals surface area contributed by atoms with Crippen LogP contribution in [0.5, 0.6) is 0 Å². The fourth-order valence-corrected chi connectivity index (χ4v) is 7.29. The molecule has 1 saturated heterocycles. The van der Waals surface area contributed by atoms with Crippen LogP contribution >= 0.6 is 22.9 Å². The van der Waals surface area contributed by atoms with E-state index in [2.05, 4.69) is 18.7 Å². The van der Waals surface area contributed by atoms with Crippen molar-refractivity contribution in [3.63, 3.8) is 0 Å². The summed E-state index contributed by atoms with van der Waals surface area (Å²) in [6, 6.07) is 10.0. The van der Waals surface area contributed by atoms with Gasteiger partial charge in [-0.3, -0.25) is 9.69 Å². The van der Waals surface area contributed by atoms with Crippen LogP contribution in [0.25, 0.3) is 10.2 Å². The van der Waals surface area contributed by atoms with Crippen LogP contribution in [0.3, 0.4) is 0 Å². The van der Waals surface area contributed by atoms with Crippen LogP contribution < -0.4 is 4.90 Å². The second-order valence-corrected chi connectivity index (χ2v) is 12.1. The normalized spacial score (nSPS) is 14.8. The number of thiazole rings is 1. The largest absolute Gasteiger partial charge is 0.302 e.